The number of nitrogens with zero attached hydrogens (tertiary/aromatic N) is 5. The standard InChI is InChI=1S/C13H15N5O5S2/c1-16-9-14-15-13(16)24-12-3-2-10(8-11(12)18(19)20)25(21,22)17-4-6-23-7-5-17/h2-3,8-9H,4-7H2,1H3. The maximum absolute atomic E-state index is 12.7. The van der Waals surface area contributed by atoms with Crippen molar-refractivity contribution in [2.24, 2.45) is 7.05 Å². The van der Waals surface area contributed by atoms with Crippen LogP contribution in [0.1, 0.15) is 0 Å². The monoisotopic (exact) mass is 385 g/mol. The minimum absolute atomic E-state index is 0.108. The van der Waals surface area contributed by atoms with Gasteiger partial charge in [-0.15, -0.1) is 10.2 Å². The molecule has 1 aliphatic rings. The number of aromatic nitrogens is 3. The maximum atomic E-state index is 12.7. The van der Waals surface area contributed by atoms with Crippen LogP contribution < -0.4 is 0 Å². The molecule has 0 aliphatic carbocycles. The fourth-order valence-corrected chi connectivity index (χ4v) is 4.56. The smallest absolute Gasteiger partial charge is 0.284 e. The third-order valence-electron chi connectivity index (χ3n) is 3.61. The van der Waals surface area contributed by atoms with Crippen molar-refractivity contribution in [1.29, 1.82) is 0 Å². The first-order valence-corrected chi connectivity index (χ1v) is 9.53. The van der Waals surface area contributed by atoms with Crippen molar-refractivity contribution >= 4 is 27.5 Å². The molecule has 10 nitrogen and oxygen atoms in total. The van der Waals surface area contributed by atoms with E-state index in [0.717, 1.165) is 17.8 Å². The Labute approximate surface area is 148 Å². The summed E-state index contributed by atoms with van der Waals surface area (Å²) in [5.41, 5.74) is -0.290. The molecule has 1 saturated heterocycles. The van der Waals surface area contributed by atoms with Crippen LogP contribution in [-0.4, -0.2) is 58.7 Å². The van der Waals surface area contributed by atoms with E-state index >= 15 is 0 Å². The first kappa shape index (κ1) is 17.8. The number of hydrogen-bond acceptors (Lipinski definition) is 8. The maximum Gasteiger partial charge on any atom is 0.284 e. The van der Waals surface area contributed by atoms with E-state index in [9.17, 15) is 18.5 Å². The second kappa shape index (κ2) is 7.07. The molecule has 25 heavy (non-hydrogen) atoms. The van der Waals surface area contributed by atoms with Gasteiger partial charge in [0.2, 0.25) is 10.0 Å². The van der Waals surface area contributed by atoms with Gasteiger partial charge in [-0.1, -0.05) is 0 Å². The lowest BCUT2D eigenvalue weighted by Crippen LogP contribution is -2.40. The van der Waals surface area contributed by atoms with Crippen LogP contribution >= 0.6 is 11.8 Å². The van der Waals surface area contributed by atoms with Crippen LogP contribution in [0.5, 0.6) is 0 Å². The molecule has 1 aromatic carbocycles. The molecule has 1 aromatic heterocycles. The summed E-state index contributed by atoms with van der Waals surface area (Å²) in [6, 6.07) is 3.88. The normalized spacial score (nSPS) is 16.0. The quantitative estimate of drug-likeness (QED) is 0.550. The number of morpholine rings is 1. The zero-order valence-corrected chi connectivity index (χ0v) is 14.9. The molecule has 2 heterocycles. The molecule has 0 N–H and O–H groups in total. The minimum atomic E-state index is -3.80. The molecule has 3 rings (SSSR count). The summed E-state index contributed by atoms with van der Waals surface area (Å²) in [6.45, 7) is 1.07. The molecule has 0 spiro atoms. The summed E-state index contributed by atoms with van der Waals surface area (Å²) in [4.78, 5) is 11.0. The van der Waals surface area contributed by atoms with Crippen LogP contribution in [0.15, 0.2) is 39.5 Å². The van der Waals surface area contributed by atoms with E-state index in [4.69, 9.17) is 4.74 Å². The summed E-state index contributed by atoms with van der Waals surface area (Å²) in [7, 11) is -2.08. The number of aryl methyl sites for hydroxylation is 1. The van der Waals surface area contributed by atoms with Gasteiger partial charge in [-0.25, -0.2) is 8.42 Å². The van der Waals surface area contributed by atoms with Gasteiger partial charge < -0.3 is 9.30 Å². The van der Waals surface area contributed by atoms with Crippen LogP contribution in [-0.2, 0) is 21.8 Å². The topological polar surface area (TPSA) is 120 Å². The Balaban J connectivity index is 1.96. The van der Waals surface area contributed by atoms with E-state index in [1.54, 1.807) is 11.6 Å². The number of ether oxygens (including phenoxy) is 1. The lowest BCUT2D eigenvalue weighted by molar-refractivity contribution is -0.388. The van der Waals surface area contributed by atoms with E-state index < -0.39 is 14.9 Å². The number of sulfonamides is 1. The minimum Gasteiger partial charge on any atom is -0.379 e. The van der Waals surface area contributed by atoms with Crippen LogP contribution in [0, 0.1) is 10.1 Å². The molecular formula is C13H15N5O5S2. The first-order valence-electron chi connectivity index (χ1n) is 7.28. The second-order valence-electron chi connectivity index (χ2n) is 5.23. The summed E-state index contributed by atoms with van der Waals surface area (Å²) >= 11 is 1.05. The van der Waals surface area contributed by atoms with Gasteiger partial charge in [-0.3, -0.25) is 10.1 Å². The van der Waals surface area contributed by atoms with Gasteiger partial charge in [-0.05, 0) is 23.9 Å². The Bertz CT molecular complexity index is 892. The van der Waals surface area contributed by atoms with E-state index in [-0.39, 0.29) is 23.7 Å². The molecule has 0 unspecified atom stereocenters. The van der Waals surface area contributed by atoms with Crippen molar-refractivity contribution in [3.63, 3.8) is 0 Å². The van der Waals surface area contributed by atoms with Gasteiger partial charge in [0, 0.05) is 26.2 Å². The average molecular weight is 385 g/mol. The summed E-state index contributed by atoms with van der Waals surface area (Å²) in [5.74, 6) is 0. The lowest BCUT2D eigenvalue weighted by Gasteiger charge is -2.26. The van der Waals surface area contributed by atoms with Gasteiger partial charge in [-0.2, -0.15) is 4.31 Å². The molecule has 0 saturated carbocycles. The van der Waals surface area contributed by atoms with Crippen LogP contribution in [0.4, 0.5) is 5.69 Å². The van der Waals surface area contributed by atoms with E-state index in [1.807, 2.05) is 0 Å². The van der Waals surface area contributed by atoms with Crippen LogP contribution in [0.3, 0.4) is 0 Å². The first-order chi connectivity index (χ1) is 11.9. The molecule has 0 radical (unpaired) electrons. The van der Waals surface area contributed by atoms with Crippen molar-refractivity contribution in [3.05, 3.63) is 34.6 Å². The van der Waals surface area contributed by atoms with Crippen LogP contribution in [0.25, 0.3) is 0 Å². The van der Waals surface area contributed by atoms with E-state index in [2.05, 4.69) is 10.2 Å². The largest absolute Gasteiger partial charge is 0.379 e. The highest BCUT2D eigenvalue weighted by atomic mass is 32.2. The van der Waals surface area contributed by atoms with Crippen molar-refractivity contribution in [1.82, 2.24) is 19.1 Å². The predicted molar refractivity (Wildman–Crippen MR) is 87.8 cm³/mol. The average Bonchev–Trinajstić information content (AvgIpc) is 3.00. The van der Waals surface area contributed by atoms with Crippen molar-refractivity contribution in [3.8, 4) is 0 Å². The molecule has 12 heteroatoms. The SMILES string of the molecule is Cn1cnnc1Sc1ccc(S(=O)(=O)N2CCOCC2)cc1[N+](=O)[O-]. The zero-order chi connectivity index (χ0) is 18.0. The third kappa shape index (κ3) is 3.66. The highest BCUT2D eigenvalue weighted by molar-refractivity contribution is 7.99. The van der Waals surface area contributed by atoms with Gasteiger partial charge in [0.25, 0.3) is 5.69 Å². The van der Waals surface area contributed by atoms with Crippen LogP contribution in [0.2, 0.25) is 0 Å². The summed E-state index contributed by atoms with van der Waals surface area (Å²) in [6.07, 6.45) is 1.48. The lowest BCUT2D eigenvalue weighted by atomic mass is 10.3. The molecule has 0 bridgehead atoms. The Hall–Kier alpha value is -2.02. The Kier molecular flexibility index (Phi) is 5.03. The Morgan fingerprint density at radius 3 is 2.64 bits per heavy atom. The van der Waals surface area contributed by atoms with Crippen molar-refractivity contribution in [2.45, 2.75) is 14.9 Å². The summed E-state index contributed by atoms with van der Waals surface area (Å²) in [5, 5.41) is 19.5. The molecule has 2 aromatic rings. The Morgan fingerprint density at radius 2 is 2.04 bits per heavy atom. The van der Waals surface area contributed by atoms with Crippen molar-refractivity contribution < 1.29 is 18.1 Å². The predicted octanol–water partition coefficient (Wildman–Crippen LogP) is 0.895. The molecule has 1 aliphatic heterocycles. The van der Waals surface area contributed by atoms with E-state index in [1.165, 1.54) is 22.8 Å². The number of nitro benzene ring substituents is 1. The van der Waals surface area contributed by atoms with Gasteiger partial charge >= 0.3 is 0 Å². The van der Waals surface area contributed by atoms with Gasteiger partial charge in [0.1, 0.15) is 6.33 Å². The summed E-state index contributed by atoms with van der Waals surface area (Å²) < 4.78 is 33.4. The molecular weight excluding hydrogens is 370 g/mol. The molecule has 134 valence electrons. The fourth-order valence-electron chi connectivity index (χ4n) is 2.29. The van der Waals surface area contributed by atoms with Gasteiger partial charge in [0.15, 0.2) is 5.16 Å². The number of benzene rings is 1. The zero-order valence-electron chi connectivity index (χ0n) is 13.2. The van der Waals surface area contributed by atoms with Crippen molar-refractivity contribution in [2.75, 3.05) is 26.3 Å². The molecule has 1 fully saturated rings. The molecule has 0 amide bonds. The fraction of sp³-hybridized carbons (Fsp3) is 0.385. The van der Waals surface area contributed by atoms with E-state index in [0.29, 0.717) is 23.3 Å². The Morgan fingerprint density at radius 1 is 1.32 bits per heavy atom. The number of rotatable bonds is 5. The highest BCUT2D eigenvalue weighted by Crippen LogP contribution is 2.35. The third-order valence-corrected chi connectivity index (χ3v) is 6.62. The second-order valence-corrected chi connectivity index (χ2v) is 8.18. The molecule has 0 atom stereocenters. The number of hydrogen-bond donors (Lipinski definition) is 0. The number of nitro groups is 1. The van der Waals surface area contributed by atoms with Gasteiger partial charge in [0.05, 0.1) is 27.9 Å². The highest BCUT2D eigenvalue weighted by Gasteiger charge is 2.29.